The average molecular weight is 214 g/mol. The minimum atomic E-state index is -0.257. The second kappa shape index (κ2) is 6.26. The molecule has 0 aliphatic heterocycles. The lowest BCUT2D eigenvalue weighted by Gasteiger charge is -2.31. The topological polar surface area (TPSA) is 26.3 Å². The molecule has 1 unspecified atom stereocenters. The first-order valence-electron chi connectivity index (χ1n) is 6.03. The number of ketones is 1. The van der Waals surface area contributed by atoms with E-state index < -0.39 is 0 Å². The van der Waals surface area contributed by atoms with Crippen LogP contribution in [0.25, 0.3) is 0 Å². The van der Waals surface area contributed by atoms with Gasteiger partial charge in [0.05, 0.1) is 0 Å². The molecule has 0 spiro atoms. The van der Waals surface area contributed by atoms with Gasteiger partial charge in [-0.2, -0.15) is 0 Å². The standard InChI is InChI=1S/C13H26O2/c1-7-10(8-2)11(14)12(15-9-3)13(4,5)6/h10,12H,7-9H2,1-6H3. The second-order valence-electron chi connectivity index (χ2n) is 5.12. The zero-order chi connectivity index (χ0) is 12.1. The molecular weight excluding hydrogens is 188 g/mol. The van der Waals surface area contributed by atoms with E-state index in [1.807, 2.05) is 6.92 Å². The third kappa shape index (κ3) is 4.33. The van der Waals surface area contributed by atoms with Crippen molar-refractivity contribution in [1.82, 2.24) is 0 Å². The van der Waals surface area contributed by atoms with E-state index in [4.69, 9.17) is 4.74 Å². The smallest absolute Gasteiger partial charge is 0.165 e. The van der Waals surface area contributed by atoms with E-state index in [0.717, 1.165) is 12.8 Å². The van der Waals surface area contributed by atoms with Crippen LogP contribution >= 0.6 is 0 Å². The molecule has 0 aliphatic rings. The quantitative estimate of drug-likeness (QED) is 0.677. The Morgan fingerprint density at radius 2 is 1.60 bits per heavy atom. The summed E-state index contributed by atoms with van der Waals surface area (Å²) < 4.78 is 5.60. The Morgan fingerprint density at radius 3 is 1.87 bits per heavy atom. The maximum atomic E-state index is 12.2. The van der Waals surface area contributed by atoms with Crippen LogP contribution < -0.4 is 0 Å². The second-order valence-corrected chi connectivity index (χ2v) is 5.12. The summed E-state index contributed by atoms with van der Waals surface area (Å²) in [6.45, 7) is 12.9. The van der Waals surface area contributed by atoms with Crippen molar-refractivity contribution in [3.8, 4) is 0 Å². The molecule has 0 heterocycles. The highest BCUT2D eigenvalue weighted by molar-refractivity contribution is 5.86. The lowest BCUT2D eigenvalue weighted by atomic mass is 9.81. The molecular formula is C13H26O2. The molecule has 0 bridgehead atoms. The summed E-state index contributed by atoms with van der Waals surface area (Å²) in [6, 6.07) is 0. The zero-order valence-corrected chi connectivity index (χ0v) is 11.1. The van der Waals surface area contributed by atoms with Crippen molar-refractivity contribution in [2.75, 3.05) is 6.61 Å². The largest absolute Gasteiger partial charge is 0.370 e. The molecule has 0 rings (SSSR count). The van der Waals surface area contributed by atoms with Gasteiger partial charge in [0.15, 0.2) is 5.78 Å². The lowest BCUT2D eigenvalue weighted by Crippen LogP contribution is -2.40. The predicted molar refractivity (Wildman–Crippen MR) is 63.9 cm³/mol. The fourth-order valence-electron chi connectivity index (χ4n) is 1.83. The Labute approximate surface area is 94.4 Å². The number of rotatable bonds is 6. The van der Waals surface area contributed by atoms with E-state index in [1.165, 1.54) is 0 Å². The summed E-state index contributed by atoms with van der Waals surface area (Å²) in [5.41, 5.74) is -0.102. The molecule has 0 aliphatic carbocycles. The van der Waals surface area contributed by atoms with Crippen LogP contribution in [0.3, 0.4) is 0 Å². The molecule has 1 atom stereocenters. The van der Waals surface area contributed by atoms with Gasteiger partial charge in [-0.05, 0) is 25.2 Å². The molecule has 0 fully saturated rings. The van der Waals surface area contributed by atoms with Gasteiger partial charge in [-0.3, -0.25) is 4.79 Å². The van der Waals surface area contributed by atoms with E-state index in [2.05, 4.69) is 34.6 Å². The zero-order valence-electron chi connectivity index (χ0n) is 11.1. The van der Waals surface area contributed by atoms with E-state index in [1.54, 1.807) is 0 Å². The highest BCUT2D eigenvalue weighted by Gasteiger charge is 2.34. The Morgan fingerprint density at radius 1 is 1.13 bits per heavy atom. The summed E-state index contributed by atoms with van der Waals surface area (Å²) in [5.74, 6) is 0.426. The Hall–Kier alpha value is -0.370. The van der Waals surface area contributed by atoms with Gasteiger partial charge in [-0.1, -0.05) is 34.6 Å². The maximum Gasteiger partial charge on any atom is 0.165 e. The fraction of sp³-hybridized carbons (Fsp3) is 0.923. The SMILES string of the molecule is CCOC(C(=O)C(CC)CC)C(C)(C)C. The minimum absolute atomic E-state index is 0.102. The molecule has 90 valence electrons. The van der Waals surface area contributed by atoms with Crippen LogP contribution in [0.1, 0.15) is 54.4 Å². The summed E-state index contributed by atoms with van der Waals surface area (Å²) in [4.78, 5) is 12.2. The molecule has 2 heteroatoms. The van der Waals surface area contributed by atoms with E-state index >= 15 is 0 Å². The average Bonchev–Trinajstić information content (AvgIpc) is 2.14. The van der Waals surface area contributed by atoms with Crippen molar-refractivity contribution < 1.29 is 9.53 Å². The molecule has 0 saturated heterocycles. The Balaban J connectivity index is 4.69. The first-order chi connectivity index (χ1) is 6.88. The number of Topliss-reactive ketones (excluding diaryl/α,β-unsaturated/α-hetero) is 1. The van der Waals surface area contributed by atoms with Gasteiger partial charge in [-0.15, -0.1) is 0 Å². The number of hydrogen-bond acceptors (Lipinski definition) is 2. The Kier molecular flexibility index (Phi) is 6.11. The van der Waals surface area contributed by atoms with Crippen molar-refractivity contribution in [2.24, 2.45) is 11.3 Å². The third-order valence-electron chi connectivity index (χ3n) is 2.77. The van der Waals surface area contributed by atoms with Crippen molar-refractivity contribution >= 4 is 5.78 Å². The van der Waals surface area contributed by atoms with Gasteiger partial charge >= 0.3 is 0 Å². The van der Waals surface area contributed by atoms with Gasteiger partial charge in [-0.25, -0.2) is 0 Å². The first-order valence-corrected chi connectivity index (χ1v) is 6.03. The molecule has 0 aromatic heterocycles. The van der Waals surface area contributed by atoms with Gasteiger partial charge in [0.1, 0.15) is 6.10 Å². The molecule has 0 amide bonds. The van der Waals surface area contributed by atoms with Crippen molar-refractivity contribution in [3.05, 3.63) is 0 Å². The normalized spacial score (nSPS) is 14.3. The lowest BCUT2D eigenvalue weighted by molar-refractivity contribution is -0.141. The highest BCUT2D eigenvalue weighted by atomic mass is 16.5. The monoisotopic (exact) mass is 214 g/mol. The van der Waals surface area contributed by atoms with Crippen LogP contribution in [0.15, 0.2) is 0 Å². The summed E-state index contributed by atoms with van der Waals surface area (Å²) >= 11 is 0. The van der Waals surface area contributed by atoms with Gasteiger partial charge in [0.2, 0.25) is 0 Å². The maximum absolute atomic E-state index is 12.2. The highest BCUT2D eigenvalue weighted by Crippen LogP contribution is 2.27. The van der Waals surface area contributed by atoms with Crippen LogP contribution in [0.4, 0.5) is 0 Å². The minimum Gasteiger partial charge on any atom is -0.370 e. The summed E-state index contributed by atoms with van der Waals surface area (Å²) in [5, 5.41) is 0. The van der Waals surface area contributed by atoms with E-state index in [9.17, 15) is 4.79 Å². The van der Waals surface area contributed by atoms with Gasteiger partial charge < -0.3 is 4.74 Å². The molecule has 0 aromatic carbocycles. The van der Waals surface area contributed by atoms with Crippen LogP contribution in [-0.2, 0) is 9.53 Å². The number of carbonyl (C=O) groups excluding carboxylic acids is 1. The number of carbonyl (C=O) groups is 1. The van der Waals surface area contributed by atoms with Crippen LogP contribution in [0, 0.1) is 11.3 Å². The molecule has 15 heavy (non-hydrogen) atoms. The van der Waals surface area contributed by atoms with Crippen LogP contribution in [0.5, 0.6) is 0 Å². The van der Waals surface area contributed by atoms with Crippen molar-refractivity contribution in [2.45, 2.75) is 60.5 Å². The molecule has 0 saturated carbocycles. The molecule has 0 aromatic rings. The third-order valence-corrected chi connectivity index (χ3v) is 2.77. The summed E-state index contributed by atoms with van der Waals surface area (Å²) in [7, 11) is 0. The molecule has 0 N–H and O–H groups in total. The molecule has 0 radical (unpaired) electrons. The van der Waals surface area contributed by atoms with Crippen LogP contribution in [-0.4, -0.2) is 18.5 Å². The summed E-state index contributed by atoms with van der Waals surface area (Å²) in [6.07, 6.45) is 1.57. The van der Waals surface area contributed by atoms with Gasteiger partial charge in [0.25, 0.3) is 0 Å². The van der Waals surface area contributed by atoms with Crippen molar-refractivity contribution in [1.29, 1.82) is 0 Å². The van der Waals surface area contributed by atoms with E-state index in [-0.39, 0.29) is 23.2 Å². The molecule has 2 nitrogen and oxygen atoms in total. The first kappa shape index (κ1) is 14.6. The predicted octanol–water partition coefficient (Wildman–Crippen LogP) is 3.44. The Bertz CT molecular complexity index is 187. The van der Waals surface area contributed by atoms with Crippen molar-refractivity contribution in [3.63, 3.8) is 0 Å². The fourth-order valence-corrected chi connectivity index (χ4v) is 1.83. The number of hydrogen-bond donors (Lipinski definition) is 0. The van der Waals surface area contributed by atoms with Crippen LogP contribution in [0.2, 0.25) is 0 Å². The van der Waals surface area contributed by atoms with Gasteiger partial charge in [0, 0.05) is 12.5 Å². The number of ether oxygens (including phenoxy) is 1. The van der Waals surface area contributed by atoms with E-state index in [0.29, 0.717) is 6.61 Å².